The standard InChI is InChI=1S/C22H20BrNO2/c1-2-14-25-22-13-8-18(23)15-17(22)16-24-19-9-11-21(12-10-19)26-20-6-4-3-5-7-20/h2-13,15,24H,1,14,16H2. The molecule has 0 aliphatic heterocycles. The number of benzene rings is 3. The van der Waals surface area contributed by atoms with Gasteiger partial charge in [-0.2, -0.15) is 0 Å². The van der Waals surface area contributed by atoms with E-state index < -0.39 is 0 Å². The molecule has 3 rings (SSSR count). The molecular formula is C22H20BrNO2. The van der Waals surface area contributed by atoms with Crippen LogP contribution in [0.25, 0.3) is 0 Å². The Kier molecular flexibility index (Phi) is 6.34. The molecule has 1 N–H and O–H groups in total. The number of hydrogen-bond donors (Lipinski definition) is 1. The normalized spacial score (nSPS) is 10.2. The molecule has 4 heteroatoms. The maximum atomic E-state index is 5.81. The van der Waals surface area contributed by atoms with Gasteiger partial charge in [0.2, 0.25) is 0 Å². The van der Waals surface area contributed by atoms with Crippen LogP contribution in [0, 0.1) is 0 Å². The highest BCUT2D eigenvalue weighted by molar-refractivity contribution is 9.10. The molecule has 132 valence electrons. The van der Waals surface area contributed by atoms with Gasteiger partial charge in [-0.25, -0.2) is 0 Å². The van der Waals surface area contributed by atoms with Crippen LogP contribution < -0.4 is 14.8 Å². The van der Waals surface area contributed by atoms with Crippen molar-refractivity contribution in [3.05, 3.63) is 95.5 Å². The van der Waals surface area contributed by atoms with Gasteiger partial charge in [0, 0.05) is 22.3 Å². The summed E-state index contributed by atoms with van der Waals surface area (Å²) in [6.45, 7) is 4.84. The van der Waals surface area contributed by atoms with E-state index in [9.17, 15) is 0 Å². The maximum absolute atomic E-state index is 5.81. The lowest BCUT2D eigenvalue weighted by molar-refractivity contribution is 0.359. The molecule has 0 unspecified atom stereocenters. The van der Waals surface area contributed by atoms with Crippen molar-refractivity contribution in [1.82, 2.24) is 0 Å². The van der Waals surface area contributed by atoms with Crippen molar-refractivity contribution in [2.45, 2.75) is 6.54 Å². The first-order chi connectivity index (χ1) is 12.7. The number of nitrogens with one attached hydrogen (secondary N) is 1. The van der Waals surface area contributed by atoms with Gasteiger partial charge in [-0.15, -0.1) is 0 Å². The summed E-state index contributed by atoms with van der Waals surface area (Å²) in [7, 11) is 0. The van der Waals surface area contributed by atoms with Crippen molar-refractivity contribution in [3.8, 4) is 17.2 Å². The number of anilines is 1. The minimum absolute atomic E-state index is 0.486. The summed E-state index contributed by atoms with van der Waals surface area (Å²) < 4.78 is 12.5. The number of halogens is 1. The fraction of sp³-hybridized carbons (Fsp3) is 0.0909. The van der Waals surface area contributed by atoms with E-state index in [1.807, 2.05) is 66.7 Å². The number of para-hydroxylation sites is 1. The molecular weight excluding hydrogens is 390 g/mol. The Morgan fingerprint density at radius 1 is 0.923 bits per heavy atom. The average molecular weight is 410 g/mol. The quantitative estimate of drug-likeness (QED) is 0.435. The van der Waals surface area contributed by atoms with Crippen molar-refractivity contribution in [3.63, 3.8) is 0 Å². The van der Waals surface area contributed by atoms with Crippen molar-refractivity contribution < 1.29 is 9.47 Å². The summed E-state index contributed by atoms with van der Waals surface area (Å²) >= 11 is 3.51. The zero-order valence-electron chi connectivity index (χ0n) is 14.3. The first-order valence-corrected chi connectivity index (χ1v) is 9.13. The molecule has 0 radical (unpaired) electrons. The number of hydrogen-bond acceptors (Lipinski definition) is 3. The first kappa shape index (κ1) is 18.1. The smallest absolute Gasteiger partial charge is 0.127 e. The van der Waals surface area contributed by atoms with E-state index in [4.69, 9.17) is 9.47 Å². The fourth-order valence-electron chi connectivity index (χ4n) is 2.44. The van der Waals surface area contributed by atoms with Gasteiger partial charge in [-0.3, -0.25) is 0 Å². The van der Waals surface area contributed by atoms with Crippen molar-refractivity contribution in [2.24, 2.45) is 0 Å². The molecule has 0 saturated heterocycles. The molecule has 0 bridgehead atoms. The minimum Gasteiger partial charge on any atom is -0.489 e. The summed E-state index contributed by atoms with van der Waals surface area (Å²) in [4.78, 5) is 0. The van der Waals surface area contributed by atoms with Crippen molar-refractivity contribution >= 4 is 21.6 Å². The number of rotatable bonds is 8. The highest BCUT2D eigenvalue weighted by atomic mass is 79.9. The molecule has 3 aromatic carbocycles. The largest absolute Gasteiger partial charge is 0.489 e. The van der Waals surface area contributed by atoms with Crippen LogP contribution in [0.15, 0.2) is 89.9 Å². The lowest BCUT2D eigenvalue weighted by atomic mass is 10.2. The van der Waals surface area contributed by atoms with Gasteiger partial charge in [-0.1, -0.05) is 46.8 Å². The van der Waals surface area contributed by atoms with Crippen LogP contribution >= 0.6 is 15.9 Å². The SMILES string of the molecule is C=CCOc1ccc(Br)cc1CNc1ccc(Oc2ccccc2)cc1. The summed E-state index contributed by atoms with van der Waals surface area (Å²) in [6.07, 6.45) is 1.74. The van der Waals surface area contributed by atoms with Gasteiger partial charge in [0.1, 0.15) is 23.9 Å². The Morgan fingerprint density at radius 3 is 2.38 bits per heavy atom. The molecule has 0 aliphatic rings. The molecule has 0 amide bonds. The second-order valence-electron chi connectivity index (χ2n) is 5.64. The molecule has 0 aromatic heterocycles. The molecule has 3 nitrogen and oxygen atoms in total. The monoisotopic (exact) mass is 409 g/mol. The van der Waals surface area contributed by atoms with Crippen LogP contribution in [0.5, 0.6) is 17.2 Å². The van der Waals surface area contributed by atoms with E-state index in [0.29, 0.717) is 13.2 Å². The van der Waals surface area contributed by atoms with E-state index in [1.165, 1.54) is 0 Å². The topological polar surface area (TPSA) is 30.5 Å². The molecule has 0 spiro atoms. The fourth-order valence-corrected chi connectivity index (χ4v) is 2.85. The second kappa shape index (κ2) is 9.11. The van der Waals surface area contributed by atoms with Crippen LogP contribution in [0.4, 0.5) is 5.69 Å². The summed E-state index contributed by atoms with van der Waals surface area (Å²) in [5.74, 6) is 2.48. The van der Waals surface area contributed by atoms with Crippen molar-refractivity contribution in [1.29, 1.82) is 0 Å². The van der Waals surface area contributed by atoms with E-state index >= 15 is 0 Å². The highest BCUT2D eigenvalue weighted by Crippen LogP contribution is 2.26. The van der Waals surface area contributed by atoms with Crippen LogP contribution in [-0.4, -0.2) is 6.61 Å². The van der Waals surface area contributed by atoms with Crippen molar-refractivity contribution in [2.75, 3.05) is 11.9 Å². The predicted molar refractivity (Wildman–Crippen MR) is 110 cm³/mol. The Bertz CT molecular complexity index is 848. The molecule has 26 heavy (non-hydrogen) atoms. The highest BCUT2D eigenvalue weighted by Gasteiger charge is 2.05. The maximum Gasteiger partial charge on any atom is 0.127 e. The number of ether oxygens (including phenoxy) is 2. The van der Waals surface area contributed by atoms with Crippen LogP contribution in [-0.2, 0) is 6.54 Å². The van der Waals surface area contributed by atoms with E-state index in [2.05, 4.69) is 33.9 Å². The van der Waals surface area contributed by atoms with Crippen LogP contribution in [0.3, 0.4) is 0 Å². The third kappa shape index (κ3) is 5.14. The molecule has 0 saturated carbocycles. The third-order valence-corrected chi connectivity index (χ3v) is 4.19. The zero-order chi connectivity index (χ0) is 18.2. The van der Waals surface area contributed by atoms with Gasteiger partial charge in [0.15, 0.2) is 0 Å². The summed E-state index contributed by atoms with van der Waals surface area (Å²) in [5.41, 5.74) is 2.09. The van der Waals surface area contributed by atoms with Gasteiger partial charge < -0.3 is 14.8 Å². The average Bonchev–Trinajstić information content (AvgIpc) is 2.67. The molecule has 0 aliphatic carbocycles. The Morgan fingerprint density at radius 2 is 1.65 bits per heavy atom. The molecule has 0 fully saturated rings. The second-order valence-corrected chi connectivity index (χ2v) is 6.56. The van der Waals surface area contributed by atoms with Gasteiger partial charge in [-0.05, 0) is 54.6 Å². The van der Waals surface area contributed by atoms with Gasteiger partial charge >= 0.3 is 0 Å². The Hall–Kier alpha value is -2.72. The van der Waals surface area contributed by atoms with Crippen LogP contribution in [0.1, 0.15) is 5.56 Å². The molecule has 3 aromatic rings. The van der Waals surface area contributed by atoms with E-state index in [1.54, 1.807) is 6.08 Å². The lowest BCUT2D eigenvalue weighted by Gasteiger charge is -2.13. The molecule has 0 atom stereocenters. The van der Waals surface area contributed by atoms with E-state index in [0.717, 1.165) is 33.0 Å². The first-order valence-electron chi connectivity index (χ1n) is 8.33. The Labute approximate surface area is 162 Å². The van der Waals surface area contributed by atoms with Gasteiger partial charge in [0.05, 0.1) is 0 Å². The minimum atomic E-state index is 0.486. The van der Waals surface area contributed by atoms with Gasteiger partial charge in [0.25, 0.3) is 0 Å². The van der Waals surface area contributed by atoms with Crippen LogP contribution in [0.2, 0.25) is 0 Å². The van der Waals surface area contributed by atoms with E-state index in [-0.39, 0.29) is 0 Å². The predicted octanol–water partition coefficient (Wildman–Crippen LogP) is 6.42. The summed E-state index contributed by atoms with van der Waals surface area (Å²) in [6, 6.07) is 23.6. The molecule has 0 heterocycles. The zero-order valence-corrected chi connectivity index (χ0v) is 15.9. The third-order valence-electron chi connectivity index (χ3n) is 3.70. The summed E-state index contributed by atoms with van der Waals surface area (Å²) in [5, 5.41) is 3.41. The lowest BCUT2D eigenvalue weighted by Crippen LogP contribution is -2.03. The Balaban J connectivity index is 1.63.